The molecule has 0 aliphatic carbocycles. The molecule has 0 aromatic heterocycles. The fourth-order valence-electron chi connectivity index (χ4n) is 2.38. The molecule has 0 amide bonds. The molecule has 1 aliphatic heterocycles. The van der Waals surface area contributed by atoms with Crippen molar-refractivity contribution in [3.8, 4) is 0 Å². The SMILES string of the molecule is C=CCCCN1CCC(CC)(C(=O)O)CC1. The van der Waals surface area contributed by atoms with Crippen LogP contribution in [0.5, 0.6) is 0 Å². The molecule has 1 N–H and O–H groups in total. The molecule has 92 valence electrons. The zero-order chi connectivity index (χ0) is 12.0. The number of carboxylic acids is 1. The molecule has 1 rings (SSSR count). The number of nitrogens with zero attached hydrogens (tertiary/aromatic N) is 1. The number of hydrogen-bond acceptors (Lipinski definition) is 2. The Morgan fingerprint density at radius 2 is 2.12 bits per heavy atom. The van der Waals surface area contributed by atoms with Gasteiger partial charge in [-0.25, -0.2) is 0 Å². The first kappa shape index (κ1) is 13.2. The van der Waals surface area contributed by atoms with Crippen LogP contribution in [0.15, 0.2) is 12.7 Å². The molecule has 1 aliphatic rings. The second kappa shape index (κ2) is 6.04. The van der Waals surface area contributed by atoms with Crippen molar-refractivity contribution in [3.63, 3.8) is 0 Å². The molecule has 0 atom stereocenters. The van der Waals surface area contributed by atoms with Gasteiger partial charge in [0.2, 0.25) is 0 Å². The average Bonchev–Trinajstić information content (AvgIpc) is 2.30. The third kappa shape index (κ3) is 3.08. The summed E-state index contributed by atoms with van der Waals surface area (Å²) in [5.41, 5.74) is -0.449. The second-order valence-corrected chi connectivity index (χ2v) is 4.71. The van der Waals surface area contributed by atoms with Gasteiger partial charge in [0, 0.05) is 0 Å². The topological polar surface area (TPSA) is 40.5 Å². The van der Waals surface area contributed by atoms with E-state index < -0.39 is 11.4 Å². The Labute approximate surface area is 98.1 Å². The van der Waals surface area contributed by atoms with Gasteiger partial charge in [-0.1, -0.05) is 13.0 Å². The number of rotatable bonds is 6. The maximum absolute atomic E-state index is 11.2. The van der Waals surface area contributed by atoms with Crippen molar-refractivity contribution in [3.05, 3.63) is 12.7 Å². The van der Waals surface area contributed by atoms with Gasteiger partial charge in [-0.05, 0) is 51.7 Å². The standard InChI is InChI=1S/C13H23NO2/c1-3-5-6-9-14-10-7-13(4-2,8-11-14)12(15)16/h3H,1,4-11H2,2H3,(H,15,16). The summed E-state index contributed by atoms with van der Waals surface area (Å²) in [5.74, 6) is -0.610. The summed E-state index contributed by atoms with van der Waals surface area (Å²) >= 11 is 0. The first-order chi connectivity index (χ1) is 7.64. The van der Waals surface area contributed by atoms with Crippen LogP contribution in [0.2, 0.25) is 0 Å². The van der Waals surface area contributed by atoms with Gasteiger partial charge in [0.25, 0.3) is 0 Å². The van der Waals surface area contributed by atoms with Gasteiger partial charge in [0.1, 0.15) is 0 Å². The van der Waals surface area contributed by atoms with Crippen LogP contribution in [0.3, 0.4) is 0 Å². The maximum Gasteiger partial charge on any atom is 0.309 e. The average molecular weight is 225 g/mol. The van der Waals surface area contributed by atoms with Gasteiger partial charge in [-0.15, -0.1) is 6.58 Å². The van der Waals surface area contributed by atoms with Crippen LogP contribution in [0.25, 0.3) is 0 Å². The van der Waals surface area contributed by atoms with E-state index in [4.69, 9.17) is 0 Å². The first-order valence-electron chi connectivity index (χ1n) is 6.21. The van der Waals surface area contributed by atoms with Crippen LogP contribution in [0, 0.1) is 5.41 Å². The molecule has 0 bridgehead atoms. The Balaban J connectivity index is 2.37. The molecule has 3 nitrogen and oxygen atoms in total. The molecular weight excluding hydrogens is 202 g/mol. The highest BCUT2D eigenvalue weighted by atomic mass is 16.4. The Morgan fingerprint density at radius 1 is 1.50 bits per heavy atom. The molecule has 3 heteroatoms. The monoisotopic (exact) mass is 225 g/mol. The first-order valence-corrected chi connectivity index (χ1v) is 6.21. The summed E-state index contributed by atoms with van der Waals surface area (Å²) in [5, 5.41) is 9.26. The Bertz CT molecular complexity index is 242. The number of hydrogen-bond donors (Lipinski definition) is 1. The molecule has 16 heavy (non-hydrogen) atoms. The molecular formula is C13H23NO2. The third-order valence-corrected chi connectivity index (χ3v) is 3.83. The highest BCUT2D eigenvalue weighted by molar-refractivity contribution is 5.74. The Morgan fingerprint density at radius 3 is 2.56 bits per heavy atom. The number of carboxylic acid groups (broad SMARTS) is 1. The number of likely N-dealkylation sites (tertiary alicyclic amines) is 1. The minimum absolute atomic E-state index is 0.449. The van der Waals surface area contributed by atoms with Gasteiger partial charge in [-0.3, -0.25) is 4.79 Å². The van der Waals surface area contributed by atoms with Crippen LogP contribution in [0.1, 0.15) is 39.0 Å². The van der Waals surface area contributed by atoms with Crippen molar-refractivity contribution in [1.29, 1.82) is 0 Å². The molecule has 0 unspecified atom stereocenters. The molecule has 1 heterocycles. The fourth-order valence-corrected chi connectivity index (χ4v) is 2.38. The minimum atomic E-state index is -0.610. The van der Waals surface area contributed by atoms with Crippen molar-refractivity contribution in [2.75, 3.05) is 19.6 Å². The lowest BCUT2D eigenvalue weighted by Crippen LogP contribution is -2.44. The van der Waals surface area contributed by atoms with E-state index in [1.807, 2.05) is 13.0 Å². The van der Waals surface area contributed by atoms with Crippen molar-refractivity contribution in [2.24, 2.45) is 5.41 Å². The predicted octanol–water partition coefficient (Wildman–Crippen LogP) is 2.53. The molecule has 1 saturated heterocycles. The summed E-state index contributed by atoms with van der Waals surface area (Å²) in [6, 6.07) is 0. The van der Waals surface area contributed by atoms with Gasteiger partial charge >= 0.3 is 5.97 Å². The van der Waals surface area contributed by atoms with E-state index in [2.05, 4.69) is 11.5 Å². The lowest BCUT2D eigenvalue weighted by atomic mass is 9.76. The third-order valence-electron chi connectivity index (χ3n) is 3.83. The van der Waals surface area contributed by atoms with Crippen molar-refractivity contribution in [1.82, 2.24) is 4.90 Å². The lowest BCUT2D eigenvalue weighted by Gasteiger charge is -2.38. The quantitative estimate of drug-likeness (QED) is 0.558. The molecule has 0 saturated carbocycles. The number of carbonyl (C=O) groups is 1. The van der Waals surface area contributed by atoms with Crippen LogP contribution < -0.4 is 0 Å². The summed E-state index contributed by atoms with van der Waals surface area (Å²) < 4.78 is 0. The molecule has 1 fully saturated rings. The molecule has 0 radical (unpaired) electrons. The number of aliphatic carboxylic acids is 1. The van der Waals surface area contributed by atoms with E-state index in [0.29, 0.717) is 0 Å². The summed E-state index contributed by atoms with van der Waals surface area (Å²) in [6.07, 6.45) is 6.48. The van der Waals surface area contributed by atoms with E-state index in [0.717, 1.165) is 51.7 Å². The maximum atomic E-state index is 11.2. The van der Waals surface area contributed by atoms with Crippen molar-refractivity contribution < 1.29 is 9.90 Å². The molecule has 0 aromatic carbocycles. The van der Waals surface area contributed by atoms with Gasteiger partial charge in [0.15, 0.2) is 0 Å². The second-order valence-electron chi connectivity index (χ2n) is 4.71. The number of allylic oxidation sites excluding steroid dienone is 1. The van der Waals surface area contributed by atoms with E-state index in [9.17, 15) is 9.90 Å². The van der Waals surface area contributed by atoms with Crippen LogP contribution in [-0.4, -0.2) is 35.6 Å². The molecule has 0 aromatic rings. The Hall–Kier alpha value is -0.830. The highest BCUT2D eigenvalue weighted by Gasteiger charge is 2.39. The highest BCUT2D eigenvalue weighted by Crippen LogP contribution is 2.35. The van der Waals surface area contributed by atoms with E-state index >= 15 is 0 Å². The number of unbranched alkanes of at least 4 members (excludes halogenated alkanes) is 1. The van der Waals surface area contributed by atoms with Gasteiger partial charge in [-0.2, -0.15) is 0 Å². The normalized spacial score (nSPS) is 20.6. The van der Waals surface area contributed by atoms with Crippen LogP contribution >= 0.6 is 0 Å². The summed E-state index contributed by atoms with van der Waals surface area (Å²) in [4.78, 5) is 13.6. The lowest BCUT2D eigenvalue weighted by molar-refractivity contribution is -0.152. The van der Waals surface area contributed by atoms with Crippen molar-refractivity contribution in [2.45, 2.75) is 39.0 Å². The van der Waals surface area contributed by atoms with Crippen LogP contribution in [0.4, 0.5) is 0 Å². The van der Waals surface area contributed by atoms with Crippen LogP contribution in [-0.2, 0) is 4.79 Å². The Kier molecular flexibility index (Phi) is 5.00. The van der Waals surface area contributed by atoms with Gasteiger partial charge in [0.05, 0.1) is 5.41 Å². The zero-order valence-corrected chi connectivity index (χ0v) is 10.2. The van der Waals surface area contributed by atoms with E-state index in [1.54, 1.807) is 0 Å². The smallest absolute Gasteiger partial charge is 0.309 e. The van der Waals surface area contributed by atoms with Gasteiger partial charge < -0.3 is 10.0 Å². The summed E-state index contributed by atoms with van der Waals surface area (Å²) in [6.45, 7) is 8.62. The predicted molar refractivity (Wildman–Crippen MR) is 65.5 cm³/mol. The summed E-state index contributed by atoms with van der Waals surface area (Å²) in [7, 11) is 0. The van der Waals surface area contributed by atoms with E-state index in [1.165, 1.54) is 0 Å². The largest absolute Gasteiger partial charge is 0.481 e. The number of piperidine rings is 1. The molecule has 0 spiro atoms. The van der Waals surface area contributed by atoms with Crippen molar-refractivity contribution >= 4 is 5.97 Å². The fraction of sp³-hybridized carbons (Fsp3) is 0.769. The zero-order valence-electron chi connectivity index (χ0n) is 10.2. The minimum Gasteiger partial charge on any atom is -0.481 e. The van der Waals surface area contributed by atoms with E-state index in [-0.39, 0.29) is 0 Å².